The number of nitrogens with zero attached hydrogens (tertiary/aromatic N) is 1. The van der Waals surface area contributed by atoms with E-state index in [1.807, 2.05) is 97.9 Å². The molecule has 184 valence electrons. The number of anilines is 1. The number of carbonyl (C=O) groups excluding carboxylic acids is 3. The molecular weight excluding hydrogens is 470 g/mol. The van der Waals surface area contributed by atoms with Crippen molar-refractivity contribution >= 4 is 29.1 Å². The van der Waals surface area contributed by atoms with Gasteiger partial charge in [-0.25, -0.2) is 0 Å². The van der Waals surface area contributed by atoms with Gasteiger partial charge >= 0.3 is 0 Å². The number of Topliss-reactive ketones (excluding diaryl/α,β-unsaturated/α-hetero) is 3. The number of hydrogen-bond acceptors (Lipinski definition) is 4. The zero-order valence-corrected chi connectivity index (χ0v) is 20.9. The van der Waals surface area contributed by atoms with E-state index in [-0.39, 0.29) is 17.3 Å². The lowest BCUT2D eigenvalue weighted by atomic mass is 9.64. The van der Waals surface area contributed by atoms with Crippen molar-refractivity contribution in [2.75, 3.05) is 4.90 Å². The molecule has 3 aliphatic rings. The first kappa shape index (κ1) is 22.6. The summed E-state index contributed by atoms with van der Waals surface area (Å²) in [4.78, 5) is 45.7. The quantitative estimate of drug-likeness (QED) is 0.247. The van der Waals surface area contributed by atoms with Crippen molar-refractivity contribution in [1.29, 1.82) is 0 Å². The minimum atomic E-state index is -1.46. The molecule has 7 rings (SSSR count). The van der Waals surface area contributed by atoms with Gasteiger partial charge in [-0.3, -0.25) is 14.4 Å². The van der Waals surface area contributed by atoms with E-state index in [1.54, 1.807) is 24.3 Å². The molecule has 4 nitrogen and oxygen atoms in total. The normalized spacial score (nSPS) is 22.3. The first-order chi connectivity index (χ1) is 18.5. The van der Waals surface area contributed by atoms with Crippen LogP contribution in [0, 0.1) is 12.3 Å². The second-order valence-corrected chi connectivity index (χ2v) is 10.4. The molecule has 1 aliphatic carbocycles. The van der Waals surface area contributed by atoms with Gasteiger partial charge in [0.2, 0.25) is 0 Å². The molecule has 1 saturated heterocycles. The standard InChI is InChI=1S/C34H25NO3/c1-21-15-17-24(18-16-21)31(36)30-29(23-10-3-2-4-11-23)34(32(37)25-12-6-7-13-26(25)33(34)38)28-20-19-22-9-5-8-14-27(22)35(28)30/h2-20,28-30H,1H3/t28-,29-,30-/m0/s1. The van der Waals surface area contributed by atoms with Crippen molar-refractivity contribution in [1.82, 2.24) is 0 Å². The largest absolute Gasteiger partial charge is 0.352 e. The number of benzene rings is 4. The van der Waals surface area contributed by atoms with Crippen molar-refractivity contribution in [2.24, 2.45) is 5.41 Å². The molecule has 3 atom stereocenters. The van der Waals surface area contributed by atoms with Crippen LogP contribution in [-0.2, 0) is 0 Å². The van der Waals surface area contributed by atoms with Crippen LogP contribution < -0.4 is 4.90 Å². The van der Waals surface area contributed by atoms with Gasteiger partial charge in [-0.2, -0.15) is 0 Å². The summed E-state index contributed by atoms with van der Waals surface area (Å²) in [5.74, 6) is -1.18. The van der Waals surface area contributed by atoms with E-state index in [9.17, 15) is 14.4 Å². The lowest BCUT2D eigenvalue weighted by Crippen LogP contribution is -2.48. The van der Waals surface area contributed by atoms with Gasteiger partial charge in [0.05, 0.1) is 6.04 Å². The average molecular weight is 496 g/mol. The first-order valence-corrected chi connectivity index (χ1v) is 12.9. The molecular formula is C34H25NO3. The lowest BCUT2D eigenvalue weighted by Gasteiger charge is -2.37. The fourth-order valence-electron chi connectivity index (χ4n) is 6.84. The Morgan fingerprint density at radius 1 is 0.737 bits per heavy atom. The molecule has 2 aliphatic heterocycles. The van der Waals surface area contributed by atoms with E-state index in [0.717, 1.165) is 22.4 Å². The van der Waals surface area contributed by atoms with Gasteiger partial charge in [0, 0.05) is 28.3 Å². The molecule has 4 heteroatoms. The molecule has 0 N–H and O–H groups in total. The maximum atomic E-state index is 14.5. The summed E-state index contributed by atoms with van der Waals surface area (Å²) in [6, 6.07) is 30.8. The summed E-state index contributed by atoms with van der Waals surface area (Å²) in [7, 11) is 0. The molecule has 0 bridgehead atoms. The maximum absolute atomic E-state index is 14.5. The third kappa shape index (κ3) is 2.89. The van der Waals surface area contributed by atoms with Crippen molar-refractivity contribution in [3.63, 3.8) is 0 Å². The van der Waals surface area contributed by atoms with E-state index in [0.29, 0.717) is 16.7 Å². The molecule has 0 unspecified atom stereocenters. The monoisotopic (exact) mass is 495 g/mol. The molecule has 4 aromatic rings. The van der Waals surface area contributed by atoms with Gasteiger partial charge in [-0.1, -0.05) is 115 Å². The summed E-state index contributed by atoms with van der Waals surface area (Å²) >= 11 is 0. The van der Waals surface area contributed by atoms with E-state index in [4.69, 9.17) is 0 Å². The van der Waals surface area contributed by atoms with Crippen LogP contribution in [0.2, 0.25) is 0 Å². The second-order valence-electron chi connectivity index (χ2n) is 10.4. The molecule has 0 amide bonds. The van der Waals surface area contributed by atoms with Crippen LogP contribution in [0.1, 0.15) is 53.7 Å². The minimum absolute atomic E-state index is 0.0950. The van der Waals surface area contributed by atoms with E-state index < -0.39 is 23.4 Å². The van der Waals surface area contributed by atoms with E-state index >= 15 is 0 Å². The van der Waals surface area contributed by atoms with Crippen molar-refractivity contribution in [3.05, 3.63) is 143 Å². The van der Waals surface area contributed by atoms with Crippen molar-refractivity contribution < 1.29 is 14.4 Å². The number of rotatable bonds is 3. The Kier molecular flexibility index (Phi) is 4.89. The van der Waals surface area contributed by atoms with Crippen LogP contribution in [0.25, 0.3) is 6.08 Å². The van der Waals surface area contributed by atoms with Crippen LogP contribution in [0.4, 0.5) is 5.69 Å². The summed E-state index contributed by atoms with van der Waals surface area (Å²) in [5, 5.41) is 0. The highest BCUT2D eigenvalue weighted by atomic mass is 16.2. The average Bonchev–Trinajstić information content (AvgIpc) is 3.40. The third-order valence-corrected chi connectivity index (χ3v) is 8.48. The molecule has 0 radical (unpaired) electrons. The van der Waals surface area contributed by atoms with Gasteiger partial charge in [0.15, 0.2) is 17.3 Å². The Morgan fingerprint density at radius 3 is 2.03 bits per heavy atom. The van der Waals surface area contributed by atoms with Gasteiger partial charge in [-0.05, 0) is 24.1 Å². The summed E-state index contributed by atoms with van der Waals surface area (Å²) in [5.41, 5.74) is 3.69. The summed E-state index contributed by atoms with van der Waals surface area (Å²) in [6.45, 7) is 1.99. The topological polar surface area (TPSA) is 54.5 Å². The maximum Gasteiger partial charge on any atom is 0.185 e. The smallest absolute Gasteiger partial charge is 0.185 e. The molecule has 38 heavy (non-hydrogen) atoms. The zero-order valence-electron chi connectivity index (χ0n) is 20.9. The zero-order chi connectivity index (χ0) is 26.0. The minimum Gasteiger partial charge on any atom is -0.352 e. The van der Waals surface area contributed by atoms with E-state index in [1.165, 1.54) is 0 Å². The molecule has 0 aromatic heterocycles. The summed E-state index contributed by atoms with van der Waals surface area (Å²) in [6.07, 6.45) is 3.95. The molecule has 1 fully saturated rings. The molecule has 2 heterocycles. The van der Waals surface area contributed by atoms with Gasteiger partial charge in [-0.15, -0.1) is 0 Å². The van der Waals surface area contributed by atoms with Crippen LogP contribution >= 0.6 is 0 Å². The Bertz CT molecular complexity index is 1620. The highest BCUT2D eigenvalue weighted by Gasteiger charge is 2.71. The Morgan fingerprint density at radius 2 is 1.34 bits per heavy atom. The van der Waals surface area contributed by atoms with Crippen LogP contribution in [0.3, 0.4) is 0 Å². The third-order valence-electron chi connectivity index (χ3n) is 8.48. The van der Waals surface area contributed by atoms with Crippen LogP contribution in [0.15, 0.2) is 109 Å². The number of fused-ring (bicyclic) bond motifs is 5. The second kappa shape index (κ2) is 8.22. The highest BCUT2D eigenvalue weighted by molar-refractivity contribution is 6.32. The first-order valence-electron chi connectivity index (χ1n) is 12.9. The van der Waals surface area contributed by atoms with Gasteiger partial charge < -0.3 is 4.90 Å². The van der Waals surface area contributed by atoms with E-state index in [2.05, 4.69) is 4.90 Å². The fraction of sp³-hybridized carbons (Fsp3) is 0.147. The SMILES string of the molecule is Cc1ccc(C(=O)[C@@H]2[C@H](c3ccccc3)C3(C(=O)c4ccccc4C3=O)[C@@H]3C=Cc4ccccc4N23)cc1. The number of para-hydroxylation sites is 1. The number of aryl methyl sites for hydroxylation is 1. The van der Waals surface area contributed by atoms with Gasteiger partial charge in [0.25, 0.3) is 0 Å². The Hall–Kier alpha value is -4.57. The number of hydrogen-bond donors (Lipinski definition) is 0. The predicted molar refractivity (Wildman–Crippen MR) is 148 cm³/mol. The Labute approximate surface area is 221 Å². The van der Waals surface area contributed by atoms with Gasteiger partial charge in [0.1, 0.15) is 11.5 Å². The fourth-order valence-corrected chi connectivity index (χ4v) is 6.84. The Balaban J connectivity index is 1.54. The highest BCUT2D eigenvalue weighted by Crippen LogP contribution is 2.60. The number of carbonyl (C=O) groups is 3. The lowest BCUT2D eigenvalue weighted by molar-refractivity contribution is 0.0666. The predicted octanol–water partition coefficient (Wildman–Crippen LogP) is 6.31. The molecule has 4 aromatic carbocycles. The summed E-state index contributed by atoms with van der Waals surface area (Å²) < 4.78 is 0. The molecule has 0 saturated carbocycles. The van der Waals surface area contributed by atoms with Crippen LogP contribution in [0.5, 0.6) is 0 Å². The molecule has 1 spiro atoms. The van der Waals surface area contributed by atoms with Crippen molar-refractivity contribution in [2.45, 2.75) is 24.9 Å². The van der Waals surface area contributed by atoms with Crippen LogP contribution in [-0.4, -0.2) is 29.4 Å². The number of ketones is 3. The van der Waals surface area contributed by atoms with Crippen molar-refractivity contribution in [3.8, 4) is 0 Å².